The standard InChI is InChI=1S/C26H29NO4S/c1-26(2,3)31-25(28)23-17-16-21(15-14-20-10-6-4-7-11-20)18-24(23)27-32(29,30)19-22-12-8-5-9-13-22/h4-13,16-18,27H,14-15,19H2,1-3H3. The molecule has 6 heteroatoms. The molecule has 0 aromatic heterocycles. The van der Waals surface area contributed by atoms with Crippen molar-refractivity contribution in [2.45, 2.75) is 45.0 Å². The van der Waals surface area contributed by atoms with Crippen molar-refractivity contribution < 1.29 is 17.9 Å². The fourth-order valence-corrected chi connectivity index (χ4v) is 4.48. The van der Waals surface area contributed by atoms with Crippen molar-refractivity contribution in [3.05, 3.63) is 101 Å². The number of aryl methyl sites for hydroxylation is 2. The van der Waals surface area contributed by atoms with E-state index in [0.717, 1.165) is 12.0 Å². The summed E-state index contributed by atoms with van der Waals surface area (Å²) in [6.07, 6.45) is 1.52. The zero-order valence-electron chi connectivity index (χ0n) is 18.7. The van der Waals surface area contributed by atoms with E-state index in [1.54, 1.807) is 57.2 Å². The number of esters is 1. The maximum Gasteiger partial charge on any atom is 0.340 e. The molecule has 0 saturated carbocycles. The van der Waals surface area contributed by atoms with Crippen LogP contribution in [0.15, 0.2) is 78.9 Å². The molecule has 0 amide bonds. The molecule has 5 nitrogen and oxygen atoms in total. The van der Waals surface area contributed by atoms with Gasteiger partial charge >= 0.3 is 5.97 Å². The average Bonchev–Trinajstić information content (AvgIpc) is 2.72. The Morgan fingerprint density at radius 1 is 0.812 bits per heavy atom. The quantitative estimate of drug-likeness (QED) is 0.468. The first kappa shape index (κ1) is 23.5. The zero-order chi connectivity index (χ0) is 23.2. The van der Waals surface area contributed by atoms with Crippen LogP contribution in [0, 0.1) is 0 Å². The highest BCUT2D eigenvalue weighted by Crippen LogP contribution is 2.24. The van der Waals surface area contributed by atoms with Crippen LogP contribution < -0.4 is 4.72 Å². The fourth-order valence-electron chi connectivity index (χ4n) is 3.27. The molecule has 0 bridgehead atoms. The number of carbonyl (C=O) groups is 1. The maximum absolute atomic E-state index is 12.9. The second kappa shape index (κ2) is 10.0. The number of hydrogen-bond donors (Lipinski definition) is 1. The van der Waals surface area contributed by atoms with Crippen molar-refractivity contribution in [2.75, 3.05) is 4.72 Å². The maximum atomic E-state index is 12.9. The number of benzene rings is 3. The lowest BCUT2D eigenvalue weighted by Crippen LogP contribution is -2.25. The number of nitrogens with one attached hydrogen (secondary N) is 1. The molecule has 0 atom stereocenters. The Bertz CT molecular complexity index is 1150. The van der Waals surface area contributed by atoms with E-state index < -0.39 is 21.6 Å². The van der Waals surface area contributed by atoms with Crippen molar-refractivity contribution >= 4 is 21.7 Å². The van der Waals surface area contributed by atoms with E-state index in [0.29, 0.717) is 12.0 Å². The van der Waals surface area contributed by atoms with Gasteiger partial charge < -0.3 is 4.74 Å². The SMILES string of the molecule is CC(C)(C)OC(=O)c1ccc(CCc2ccccc2)cc1NS(=O)(=O)Cc1ccccc1. The first-order valence-corrected chi connectivity index (χ1v) is 12.2. The van der Waals surface area contributed by atoms with Gasteiger partial charge in [0.1, 0.15) is 5.60 Å². The van der Waals surface area contributed by atoms with Crippen molar-refractivity contribution in [3.63, 3.8) is 0 Å². The van der Waals surface area contributed by atoms with E-state index >= 15 is 0 Å². The lowest BCUT2D eigenvalue weighted by molar-refractivity contribution is 0.00708. The molecule has 3 aromatic carbocycles. The molecule has 0 spiro atoms. The van der Waals surface area contributed by atoms with E-state index in [9.17, 15) is 13.2 Å². The van der Waals surface area contributed by atoms with Crippen LogP contribution in [-0.2, 0) is 33.4 Å². The highest BCUT2D eigenvalue weighted by molar-refractivity contribution is 7.91. The summed E-state index contributed by atoms with van der Waals surface area (Å²) in [4.78, 5) is 12.8. The fraction of sp³-hybridized carbons (Fsp3) is 0.269. The molecule has 0 fully saturated rings. The molecule has 0 unspecified atom stereocenters. The highest BCUT2D eigenvalue weighted by Gasteiger charge is 2.23. The van der Waals surface area contributed by atoms with Crippen LogP contribution in [-0.4, -0.2) is 20.0 Å². The van der Waals surface area contributed by atoms with Gasteiger partial charge in [-0.05, 0) is 62.4 Å². The van der Waals surface area contributed by atoms with Crippen LogP contribution in [0.25, 0.3) is 0 Å². The third-order valence-electron chi connectivity index (χ3n) is 4.71. The molecule has 1 N–H and O–H groups in total. The molecular formula is C26H29NO4S. The molecule has 0 aliphatic rings. The molecule has 0 radical (unpaired) electrons. The smallest absolute Gasteiger partial charge is 0.340 e. The van der Waals surface area contributed by atoms with Crippen LogP contribution in [0.5, 0.6) is 0 Å². The van der Waals surface area contributed by atoms with Gasteiger partial charge in [0.25, 0.3) is 0 Å². The Labute approximate surface area is 190 Å². The Balaban J connectivity index is 1.87. The van der Waals surface area contributed by atoms with Gasteiger partial charge in [-0.15, -0.1) is 0 Å². The third kappa shape index (κ3) is 7.24. The lowest BCUT2D eigenvalue weighted by atomic mass is 10.0. The predicted molar refractivity (Wildman–Crippen MR) is 128 cm³/mol. The summed E-state index contributed by atoms with van der Waals surface area (Å²) in [7, 11) is -3.73. The molecular weight excluding hydrogens is 422 g/mol. The van der Waals surface area contributed by atoms with Crippen LogP contribution in [0.2, 0.25) is 0 Å². The minimum Gasteiger partial charge on any atom is -0.456 e. The van der Waals surface area contributed by atoms with Crippen LogP contribution in [0.3, 0.4) is 0 Å². The Hall–Kier alpha value is -3.12. The van der Waals surface area contributed by atoms with Crippen molar-refractivity contribution in [3.8, 4) is 0 Å². The topological polar surface area (TPSA) is 72.5 Å². The first-order valence-electron chi connectivity index (χ1n) is 10.6. The number of hydrogen-bond acceptors (Lipinski definition) is 4. The summed E-state index contributed by atoms with van der Waals surface area (Å²) in [5.41, 5.74) is 2.52. The summed E-state index contributed by atoms with van der Waals surface area (Å²) in [5, 5.41) is 0. The molecule has 0 saturated heterocycles. The lowest BCUT2D eigenvalue weighted by Gasteiger charge is -2.21. The minimum atomic E-state index is -3.73. The summed E-state index contributed by atoms with van der Waals surface area (Å²) in [6, 6.07) is 24.2. The molecule has 3 aromatic rings. The van der Waals surface area contributed by atoms with Gasteiger partial charge in [0.05, 0.1) is 17.0 Å². The van der Waals surface area contributed by atoms with E-state index in [1.165, 1.54) is 5.56 Å². The number of anilines is 1. The Morgan fingerprint density at radius 2 is 1.38 bits per heavy atom. The Kier molecular flexibility index (Phi) is 7.36. The van der Waals surface area contributed by atoms with E-state index in [1.807, 2.05) is 30.3 Å². The minimum absolute atomic E-state index is 0.185. The molecule has 0 aliphatic heterocycles. The first-order chi connectivity index (χ1) is 15.1. The van der Waals surface area contributed by atoms with Crippen molar-refractivity contribution in [2.24, 2.45) is 0 Å². The van der Waals surface area contributed by atoms with E-state index in [2.05, 4.69) is 16.9 Å². The normalized spacial score (nSPS) is 11.7. The Morgan fingerprint density at radius 3 is 1.97 bits per heavy atom. The van der Waals surface area contributed by atoms with Gasteiger partial charge in [-0.2, -0.15) is 0 Å². The van der Waals surface area contributed by atoms with Crippen LogP contribution in [0.4, 0.5) is 5.69 Å². The van der Waals surface area contributed by atoms with Crippen LogP contribution >= 0.6 is 0 Å². The van der Waals surface area contributed by atoms with Crippen molar-refractivity contribution in [1.29, 1.82) is 0 Å². The van der Waals surface area contributed by atoms with Gasteiger partial charge in [0.2, 0.25) is 10.0 Å². The average molecular weight is 452 g/mol. The highest BCUT2D eigenvalue weighted by atomic mass is 32.2. The molecule has 0 aliphatic carbocycles. The predicted octanol–water partition coefficient (Wildman–Crippen LogP) is 5.37. The van der Waals surface area contributed by atoms with Gasteiger partial charge in [0, 0.05) is 0 Å². The molecule has 3 rings (SSSR count). The summed E-state index contributed by atoms with van der Waals surface area (Å²) >= 11 is 0. The van der Waals surface area contributed by atoms with E-state index in [-0.39, 0.29) is 17.0 Å². The number of carbonyl (C=O) groups excluding carboxylic acids is 1. The summed E-state index contributed by atoms with van der Waals surface area (Å²) in [5.74, 6) is -0.750. The van der Waals surface area contributed by atoms with Gasteiger partial charge in [-0.1, -0.05) is 66.7 Å². The summed E-state index contributed by atoms with van der Waals surface area (Å²) < 4.78 is 33.8. The third-order valence-corrected chi connectivity index (χ3v) is 5.96. The second-order valence-electron chi connectivity index (χ2n) is 8.71. The molecule has 168 valence electrons. The number of ether oxygens (including phenoxy) is 1. The molecule has 0 heterocycles. The zero-order valence-corrected chi connectivity index (χ0v) is 19.5. The van der Waals surface area contributed by atoms with Gasteiger partial charge in [-0.3, -0.25) is 4.72 Å². The second-order valence-corrected chi connectivity index (χ2v) is 10.4. The van der Waals surface area contributed by atoms with Crippen molar-refractivity contribution in [1.82, 2.24) is 0 Å². The van der Waals surface area contributed by atoms with Gasteiger partial charge in [0.15, 0.2) is 0 Å². The summed E-state index contributed by atoms with van der Waals surface area (Å²) in [6.45, 7) is 5.33. The monoisotopic (exact) mass is 451 g/mol. The largest absolute Gasteiger partial charge is 0.456 e. The van der Waals surface area contributed by atoms with Crippen LogP contribution in [0.1, 0.15) is 47.8 Å². The van der Waals surface area contributed by atoms with Gasteiger partial charge in [-0.25, -0.2) is 13.2 Å². The van der Waals surface area contributed by atoms with E-state index in [4.69, 9.17) is 4.74 Å². The molecule has 32 heavy (non-hydrogen) atoms. The number of sulfonamides is 1. The number of rotatable bonds is 8.